The summed E-state index contributed by atoms with van der Waals surface area (Å²) < 4.78 is 5.46. The fourth-order valence-corrected chi connectivity index (χ4v) is 4.52. The van der Waals surface area contributed by atoms with Crippen molar-refractivity contribution < 1.29 is 19.1 Å². The summed E-state index contributed by atoms with van der Waals surface area (Å²) in [4.78, 5) is 44.5. The molecule has 180 valence electrons. The highest BCUT2D eigenvalue weighted by atomic mass is 32.1. The average Bonchev–Trinajstić information content (AvgIpc) is 3.45. The number of hydrogen-bond acceptors (Lipinski definition) is 6. The molecule has 0 bridgehead atoms. The van der Waals surface area contributed by atoms with Gasteiger partial charge < -0.3 is 20.4 Å². The van der Waals surface area contributed by atoms with Crippen LogP contribution in [0.25, 0.3) is 10.9 Å². The molecule has 0 spiro atoms. The molecular weight excluding hydrogens is 464 g/mol. The van der Waals surface area contributed by atoms with E-state index in [1.165, 1.54) is 18.3 Å². The standard InChI is InChI=1S/C26H26N4O4S/c1-16-7-3-5-9-21(16)30-24(32)12-25-29-19(15-35-25)14-34-26(33)23(28-17(2)31)11-18-13-27-22-10-6-4-8-20(18)22/h3-10,13,15,23,27H,11-12,14H2,1-2H3,(H,28,31)(H,30,32)/t23-/m0/s1. The van der Waals surface area contributed by atoms with Gasteiger partial charge in [0.2, 0.25) is 11.8 Å². The fraction of sp³-hybridized carbons (Fsp3) is 0.231. The second-order valence-corrected chi connectivity index (χ2v) is 9.14. The van der Waals surface area contributed by atoms with Crippen LogP contribution in [-0.4, -0.2) is 33.8 Å². The van der Waals surface area contributed by atoms with Gasteiger partial charge >= 0.3 is 5.97 Å². The van der Waals surface area contributed by atoms with Crippen LogP contribution in [0.3, 0.4) is 0 Å². The number of aromatic amines is 1. The van der Waals surface area contributed by atoms with Crippen LogP contribution in [0.15, 0.2) is 60.1 Å². The zero-order valence-corrected chi connectivity index (χ0v) is 20.3. The minimum absolute atomic E-state index is 0.0429. The van der Waals surface area contributed by atoms with Crippen molar-refractivity contribution in [2.45, 2.75) is 39.3 Å². The summed E-state index contributed by atoms with van der Waals surface area (Å²) in [5.74, 6) is -1.03. The molecule has 0 aliphatic rings. The maximum atomic E-state index is 12.8. The Morgan fingerprint density at radius 1 is 1.11 bits per heavy atom. The number of aryl methyl sites for hydroxylation is 1. The maximum absolute atomic E-state index is 12.8. The first-order chi connectivity index (χ1) is 16.9. The Kier molecular flexibility index (Phi) is 7.57. The van der Waals surface area contributed by atoms with E-state index in [-0.39, 0.29) is 24.8 Å². The van der Waals surface area contributed by atoms with E-state index in [1.54, 1.807) is 5.38 Å². The number of nitrogens with one attached hydrogen (secondary N) is 3. The molecule has 0 aliphatic carbocycles. The number of anilines is 1. The Morgan fingerprint density at radius 2 is 1.89 bits per heavy atom. The highest BCUT2D eigenvalue weighted by molar-refractivity contribution is 7.09. The van der Waals surface area contributed by atoms with E-state index < -0.39 is 12.0 Å². The van der Waals surface area contributed by atoms with Gasteiger partial charge in [0.1, 0.15) is 17.7 Å². The number of benzene rings is 2. The third kappa shape index (κ3) is 6.33. The van der Waals surface area contributed by atoms with Crippen molar-refractivity contribution >= 4 is 45.7 Å². The smallest absolute Gasteiger partial charge is 0.329 e. The van der Waals surface area contributed by atoms with Crippen molar-refractivity contribution in [3.63, 3.8) is 0 Å². The molecule has 0 saturated heterocycles. The van der Waals surface area contributed by atoms with Crippen LogP contribution in [0.1, 0.15) is 28.8 Å². The molecule has 4 aromatic rings. The minimum Gasteiger partial charge on any atom is -0.458 e. The van der Waals surface area contributed by atoms with E-state index >= 15 is 0 Å². The van der Waals surface area contributed by atoms with Gasteiger partial charge in [0.25, 0.3) is 0 Å². The molecule has 4 rings (SSSR count). The molecule has 2 amide bonds. The number of amides is 2. The lowest BCUT2D eigenvalue weighted by Gasteiger charge is -2.16. The van der Waals surface area contributed by atoms with Crippen molar-refractivity contribution in [3.8, 4) is 0 Å². The van der Waals surface area contributed by atoms with Crippen LogP contribution in [0, 0.1) is 6.92 Å². The van der Waals surface area contributed by atoms with Gasteiger partial charge in [0.15, 0.2) is 0 Å². The number of H-pyrrole nitrogens is 1. The maximum Gasteiger partial charge on any atom is 0.329 e. The molecule has 0 saturated carbocycles. The summed E-state index contributed by atoms with van der Waals surface area (Å²) in [7, 11) is 0. The molecule has 2 aromatic carbocycles. The number of fused-ring (bicyclic) bond motifs is 1. The highest BCUT2D eigenvalue weighted by Gasteiger charge is 2.23. The molecule has 0 aliphatic heterocycles. The van der Waals surface area contributed by atoms with Crippen LogP contribution >= 0.6 is 11.3 Å². The van der Waals surface area contributed by atoms with Gasteiger partial charge in [-0.1, -0.05) is 36.4 Å². The van der Waals surface area contributed by atoms with Crippen LogP contribution in [0.2, 0.25) is 0 Å². The number of ether oxygens (including phenoxy) is 1. The molecule has 2 aromatic heterocycles. The molecule has 1 atom stereocenters. The van der Waals surface area contributed by atoms with Gasteiger partial charge in [-0.2, -0.15) is 0 Å². The summed E-state index contributed by atoms with van der Waals surface area (Å²) in [6.45, 7) is 3.25. The Morgan fingerprint density at radius 3 is 2.69 bits per heavy atom. The molecule has 8 nitrogen and oxygen atoms in total. The number of carbonyl (C=O) groups is 3. The predicted molar refractivity (Wildman–Crippen MR) is 135 cm³/mol. The van der Waals surface area contributed by atoms with Crippen LogP contribution in [0.4, 0.5) is 5.69 Å². The third-order valence-corrected chi connectivity index (χ3v) is 6.35. The van der Waals surface area contributed by atoms with Crippen molar-refractivity contribution in [2.75, 3.05) is 5.32 Å². The SMILES string of the molecule is CC(=O)N[C@@H](Cc1c[nH]c2ccccc12)C(=O)OCc1csc(CC(=O)Nc2ccccc2C)n1. The monoisotopic (exact) mass is 490 g/mol. The number of para-hydroxylation sites is 2. The van der Waals surface area contributed by atoms with Crippen molar-refractivity contribution in [1.29, 1.82) is 0 Å². The fourth-order valence-electron chi connectivity index (χ4n) is 3.75. The third-order valence-electron chi connectivity index (χ3n) is 5.45. The van der Waals surface area contributed by atoms with Crippen molar-refractivity contribution in [3.05, 3.63) is 81.9 Å². The normalized spacial score (nSPS) is 11.7. The largest absolute Gasteiger partial charge is 0.458 e. The van der Waals surface area contributed by atoms with Crippen molar-refractivity contribution in [1.82, 2.24) is 15.3 Å². The predicted octanol–water partition coefficient (Wildman–Crippen LogP) is 3.90. The molecule has 0 unspecified atom stereocenters. The summed E-state index contributed by atoms with van der Waals surface area (Å²) in [6.07, 6.45) is 2.26. The number of nitrogens with zero attached hydrogens (tertiary/aromatic N) is 1. The van der Waals surface area contributed by atoms with E-state index in [1.807, 2.05) is 61.7 Å². The van der Waals surface area contributed by atoms with Crippen LogP contribution in [0.5, 0.6) is 0 Å². The van der Waals surface area contributed by atoms with Gasteiger partial charge in [0, 0.05) is 41.5 Å². The van der Waals surface area contributed by atoms with E-state index in [0.717, 1.165) is 27.7 Å². The number of aromatic nitrogens is 2. The Balaban J connectivity index is 1.34. The van der Waals surface area contributed by atoms with Crippen LogP contribution in [-0.2, 0) is 38.6 Å². The molecule has 35 heavy (non-hydrogen) atoms. The lowest BCUT2D eigenvalue weighted by Crippen LogP contribution is -2.42. The van der Waals surface area contributed by atoms with E-state index in [2.05, 4.69) is 20.6 Å². The number of esters is 1. The zero-order chi connectivity index (χ0) is 24.8. The van der Waals surface area contributed by atoms with Gasteiger partial charge in [-0.3, -0.25) is 9.59 Å². The first-order valence-corrected chi connectivity index (χ1v) is 12.0. The first-order valence-electron chi connectivity index (χ1n) is 11.2. The van der Waals surface area contributed by atoms with Gasteiger partial charge in [-0.05, 0) is 30.2 Å². The summed E-state index contributed by atoms with van der Waals surface area (Å²) >= 11 is 1.33. The summed E-state index contributed by atoms with van der Waals surface area (Å²) in [6, 6.07) is 14.5. The van der Waals surface area contributed by atoms with Gasteiger partial charge in [0.05, 0.1) is 12.1 Å². The number of carbonyl (C=O) groups excluding carboxylic acids is 3. The Hall–Kier alpha value is -3.98. The minimum atomic E-state index is -0.829. The lowest BCUT2D eigenvalue weighted by atomic mass is 10.0. The molecule has 3 N–H and O–H groups in total. The number of thiazole rings is 1. The van der Waals surface area contributed by atoms with Crippen molar-refractivity contribution in [2.24, 2.45) is 0 Å². The van der Waals surface area contributed by atoms with Gasteiger partial charge in [-0.15, -0.1) is 11.3 Å². The molecule has 0 radical (unpaired) electrons. The van der Waals surface area contributed by atoms with E-state index in [9.17, 15) is 14.4 Å². The molecule has 0 fully saturated rings. The Labute approximate surface area is 206 Å². The Bertz CT molecular complexity index is 1360. The average molecular weight is 491 g/mol. The number of hydrogen-bond donors (Lipinski definition) is 3. The van der Waals surface area contributed by atoms with Crippen LogP contribution < -0.4 is 10.6 Å². The number of rotatable bonds is 9. The zero-order valence-electron chi connectivity index (χ0n) is 19.5. The van der Waals surface area contributed by atoms with E-state index in [0.29, 0.717) is 17.1 Å². The van der Waals surface area contributed by atoms with E-state index in [4.69, 9.17) is 4.74 Å². The first kappa shape index (κ1) is 24.2. The topological polar surface area (TPSA) is 113 Å². The summed E-state index contributed by atoms with van der Waals surface area (Å²) in [5, 5.41) is 8.94. The summed E-state index contributed by atoms with van der Waals surface area (Å²) in [5.41, 5.74) is 4.16. The molecular formula is C26H26N4O4S. The second-order valence-electron chi connectivity index (χ2n) is 8.20. The highest BCUT2D eigenvalue weighted by Crippen LogP contribution is 2.20. The lowest BCUT2D eigenvalue weighted by molar-refractivity contribution is -0.149. The quantitative estimate of drug-likeness (QED) is 0.308. The molecule has 9 heteroatoms. The second kappa shape index (κ2) is 11.0. The molecule has 2 heterocycles. The van der Waals surface area contributed by atoms with Gasteiger partial charge in [-0.25, -0.2) is 9.78 Å².